The van der Waals surface area contributed by atoms with Crippen molar-refractivity contribution in [2.24, 2.45) is 10.9 Å². The van der Waals surface area contributed by atoms with Crippen molar-refractivity contribution in [3.63, 3.8) is 0 Å². The molecular weight excluding hydrogens is 501 g/mol. The molecule has 1 saturated heterocycles. The normalized spacial score (nSPS) is 20.5. The average Bonchev–Trinajstić information content (AvgIpc) is 3.02. The minimum atomic E-state index is -3.37. The van der Waals surface area contributed by atoms with Crippen molar-refractivity contribution in [3.8, 4) is 0 Å². The molecule has 29 heavy (non-hydrogen) atoms. The Balaban J connectivity index is 0.00000420. The van der Waals surface area contributed by atoms with Crippen LogP contribution in [0.15, 0.2) is 35.3 Å². The van der Waals surface area contributed by atoms with Crippen molar-refractivity contribution in [2.45, 2.75) is 46.3 Å². The van der Waals surface area contributed by atoms with E-state index in [0.29, 0.717) is 30.5 Å². The fraction of sp³-hybridized carbons (Fsp3) is 0.650. The lowest BCUT2D eigenvalue weighted by molar-refractivity contribution is 0.265. The van der Waals surface area contributed by atoms with Gasteiger partial charge in [0.15, 0.2) is 5.96 Å². The van der Waals surface area contributed by atoms with Crippen LogP contribution in [0.2, 0.25) is 0 Å². The summed E-state index contributed by atoms with van der Waals surface area (Å²) in [6.45, 7) is 12.0. The van der Waals surface area contributed by atoms with Gasteiger partial charge in [-0.25, -0.2) is 13.1 Å². The molecule has 1 aromatic carbocycles. The van der Waals surface area contributed by atoms with Gasteiger partial charge in [-0.15, -0.1) is 24.0 Å². The number of aliphatic imine (C=N–C) groups is 1. The van der Waals surface area contributed by atoms with Crippen molar-refractivity contribution < 1.29 is 8.42 Å². The first kappa shape index (κ1) is 26.1. The highest BCUT2D eigenvalue weighted by atomic mass is 127. The molecule has 0 amide bonds. The van der Waals surface area contributed by atoms with Crippen LogP contribution >= 0.6 is 24.0 Å². The van der Waals surface area contributed by atoms with E-state index in [0.717, 1.165) is 25.2 Å². The predicted molar refractivity (Wildman–Crippen MR) is 131 cm³/mol. The number of hydrogen-bond donors (Lipinski definition) is 3. The van der Waals surface area contributed by atoms with Crippen LogP contribution < -0.4 is 15.4 Å². The molecule has 0 bridgehead atoms. The minimum absolute atomic E-state index is 0. The van der Waals surface area contributed by atoms with Crippen molar-refractivity contribution >= 4 is 40.0 Å². The maximum atomic E-state index is 12.2. The molecule has 0 aromatic heterocycles. The first-order valence-corrected chi connectivity index (χ1v) is 11.8. The van der Waals surface area contributed by atoms with Crippen LogP contribution in [0.1, 0.15) is 33.3 Å². The number of likely N-dealkylation sites (tertiary alicyclic amines) is 1. The highest BCUT2D eigenvalue weighted by molar-refractivity contribution is 14.0. The summed E-state index contributed by atoms with van der Waals surface area (Å²) < 4.78 is 27.1. The molecule has 1 heterocycles. The van der Waals surface area contributed by atoms with Crippen molar-refractivity contribution in [1.82, 2.24) is 20.3 Å². The monoisotopic (exact) mass is 537 g/mol. The molecule has 166 valence electrons. The molecule has 2 atom stereocenters. The fourth-order valence-electron chi connectivity index (χ4n) is 3.25. The Hall–Kier alpha value is -0.910. The highest BCUT2D eigenvalue weighted by Gasteiger charge is 2.31. The van der Waals surface area contributed by atoms with E-state index in [1.54, 1.807) is 0 Å². The Morgan fingerprint density at radius 1 is 1.24 bits per heavy atom. The average molecular weight is 538 g/mol. The SMILES string of the molecule is CCNC(=NCCS(=O)(=O)NCc1ccccc1)NC1CN(C(C)C)CC1C.I. The second-order valence-corrected chi connectivity index (χ2v) is 9.59. The van der Waals surface area contributed by atoms with Gasteiger partial charge >= 0.3 is 0 Å². The number of guanidine groups is 1. The van der Waals surface area contributed by atoms with Crippen molar-refractivity contribution in [2.75, 3.05) is 31.9 Å². The third-order valence-electron chi connectivity index (χ3n) is 5.01. The second kappa shape index (κ2) is 12.7. The summed E-state index contributed by atoms with van der Waals surface area (Å²) >= 11 is 0. The van der Waals surface area contributed by atoms with Gasteiger partial charge < -0.3 is 10.6 Å². The Morgan fingerprint density at radius 2 is 1.93 bits per heavy atom. The van der Waals surface area contributed by atoms with Crippen LogP contribution in [-0.2, 0) is 16.6 Å². The van der Waals surface area contributed by atoms with E-state index in [1.807, 2.05) is 37.3 Å². The van der Waals surface area contributed by atoms with E-state index in [9.17, 15) is 8.42 Å². The van der Waals surface area contributed by atoms with E-state index in [-0.39, 0.29) is 36.3 Å². The van der Waals surface area contributed by atoms with Gasteiger partial charge in [-0.05, 0) is 32.3 Å². The van der Waals surface area contributed by atoms with Gasteiger partial charge in [0, 0.05) is 38.3 Å². The lowest BCUT2D eigenvalue weighted by atomic mass is 10.1. The molecular formula is C20H36IN5O2S. The molecule has 2 rings (SSSR count). The summed E-state index contributed by atoms with van der Waals surface area (Å²) in [5, 5.41) is 6.70. The summed E-state index contributed by atoms with van der Waals surface area (Å²) in [5.74, 6) is 1.17. The smallest absolute Gasteiger partial charge is 0.213 e. The van der Waals surface area contributed by atoms with E-state index < -0.39 is 10.0 Å². The number of hydrogen-bond acceptors (Lipinski definition) is 4. The Labute approximate surface area is 193 Å². The standard InChI is InChI=1S/C20H35N5O2S.HI/c1-5-21-20(24-19-15-25(16(2)3)14-17(19)4)22-11-12-28(26,27)23-13-18-9-7-6-8-10-18;/h6-10,16-17,19,23H,5,11-15H2,1-4H3,(H2,21,22,24);1H. The molecule has 0 saturated carbocycles. The highest BCUT2D eigenvalue weighted by Crippen LogP contribution is 2.18. The summed E-state index contributed by atoms with van der Waals surface area (Å²) in [7, 11) is -3.37. The summed E-state index contributed by atoms with van der Waals surface area (Å²) in [4.78, 5) is 6.93. The third-order valence-corrected chi connectivity index (χ3v) is 6.31. The molecule has 3 N–H and O–H groups in total. The number of sulfonamides is 1. The summed E-state index contributed by atoms with van der Waals surface area (Å²) in [6, 6.07) is 10.3. The first-order valence-electron chi connectivity index (χ1n) is 10.1. The van der Waals surface area contributed by atoms with Crippen LogP contribution in [0.5, 0.6) is 0 Å². The maximum absolute atomic E-state index is 12.2. The zero-order chi connectivity index (χ0) is 20.6. The van der Waals surface area contributed by atoms with Crippen molar-refractivity contribution in [1.29, 1.82) is 0 Å². The maximum Gasteiger partial charge on any atom is 0.213 e. The van der Waals surface area contributed by atoms with Crippen LogP contribution in [-0.4, -0.2) is 63.3 Å². The van der Waals surface area contributed by atoms with Gasteiger partial charge in [0.1, 0.15) is 0 Å². The second-order valence-electron chi connectivity index (χ2n) is 7.66. The molecule has 0 aliphatic carbocycles. The molecule has 7 nitrogen and oxygen atoms in total. The van der Waals surface area contributed by atoms with Gasteiger partial charge in [0.2, 0.25) is 10.0 Å². The van der Waals surface area contributed by atoms with Crippen LogP contribution in [0.25, 0.3) is 0 Å². The molecule has 1 aliphatic rings. The van der Waals surface area contributed by atoms with E-state index in [2.05, 4.69) is 46.0 Å². The number of halogens is 1. The number of rotatable bonds is 9. The largest absolute Gasteiger partial charge is 0.357 e. The van der Waals surface area contributed by atoms with E-state index in [4.69, 9.17) is 0 Å². The zero-order valence-corrected chi connectivity index (χ0v) is 21.0. The topological polar surface area (TPSA) is 85.8 Å². The molecule has 0 spiro atoms. The van der Waals surface area contributed by atoms with Gasteiger partial charge in [-0.1, -0.05) is 37.3 Å². The molecule has 9 heteroatoms. The molecule has 2 unspecified atom stereocenters. The Morgan fingerprint density at radius 3 is 2.52 bits per heavy atom. The third kappa shape index (κ3) is 9.18. The lowest BCUT2D eigenvalue weighted by Crippen LogP contribution is -2.47. The van der Waals surface area contributed by atoms with Gasteiger partial charge in [-0.2, -0.15) is 0 Å². The number of nitrogens with zero attached hydrogens (tertiary/aromatic N) is 2. The summed E-state index contributed by atoms with van der Waals surface area (Å²) in [6.07, 6.45) is 0. The fourth-order valence-corrected chi connectivity index (χ4v) is 4.11. The zero-order valence-electron chi connectivity index (χ0n) is 17.9. The quantitative estimate of drug-likeness (QED) is 0.255. The van der Waals surface area contributed by atoms with Crippen molar-refractivity contribution in [3.05, 3.63) is 35.9 Å². The number of benzene rings is 1. The molecule has 1 aliphatic heterocycles. The van der Waals surface area contributed by atoms with E-state index >= 15 is 0 Å². The molecule has 0 radical (unpaired) electrons. The van der Waals surface area contributed by atoms with Gasteiger partial charge in [0.25, 0.3) is 0 Å². The number of nitrogens with one attached hydrogen (secondary N) is 3. The molecule has 1 fully saturated rings. The van der Waals surface area contributed by atoms with Gasteiger partial charge in [-0.3, -0.25) is 9.89 Å². The Bertz CT molecular complexity index is 728. The first-order chi connectivity index (χ1) is 13.3. The summed E-state index contributed by atoms with van der Waals surface area (Å²) in [5.41, 5.74) is 0.939. The predicted octanol–water partition coefficient (Wildman–Crippen LogP) is 2.01. The minimum Gasteiger partial charge on any atom is -0.357 e. The van der Waals surface area contributed by atoms with Crippen LogP contribution in [0.4, 0.5) is 0 Å². The van der Waals surface area contributed by atoms with Gasteiger partial charge in [0.05, 0.1) is 12.3 Å². The molecule has 1 aromatic rings. The lowest BCUT2D eigenvalue weighted by Gasteiger charge is -2.22. The van der Waals surface area contributed by atoms with Crippen LogP contribution in [0.3, 0.4) is 0 Å². The Kier molecular flexibility index (Phi) is 11.4. The van der Waals surface area contributed by atoms with Crippen LogP contribution in [0, 0.1) is 5.92 Å². The van der Waals surface area contributed by atoms with E-state index in [1.165, 1.54) is 0 Å².